The summed E-state index contributed by atoms with van der Waals surface area (Å²) in [5.41, 5.74) is 0. The minimum Gasteiger partial charge on any atom is -0.481 e. The van der Waals surface area contributed by atoms with Crippen LogP contribution in [0.25, 0.3) is 0 Å². The fraction of sp³-hybridized carbons (Fsp3) is 0.750. The van der Waals surface area contributed by atoms with E-state index in [2.05, 4.69) is 6.07 Å². The molecule has 0 aliphatic carbocycles. The average molecular weight is 170 g/mol. The van der Waals surface area contributed by atoms with E-state index in [4.69, 9.17) is 10.4 Å². The Labute approximate surface area is 72.4 Å². The van der Waals surface area contributed by atoms with Crippen LogP contribution in [0.4, 0.5) is 0 Å². The van der Waals surface area contributed by atoms with Gasteiger partial charge in [-0.2, -0.15) is 5.26 Å². The standard InChI is InChI=1S/C8H14N2O2/c1-7(5-9)6-10(2)4-3-8(11)12/h7H,3-4,6H2,1-2H3,(H,11,12). The van der Waals surface area contributed by atoms with Crippen molar-refractivity contribution in [3.63, 3.8) is 0 Å². The predicted octanol–water partition coefficient (Wildman–Crippen LogP) is 0.553. The van der Waals surface area contributed by atoms with Crippen molar-refractivity contribution < 1.29 is 9.90 Å². The molecule has 0 saturated carbocycles. The van der Waals surface area contributed by atoms with E-state index in [0.29, 0.717) is 13.1 Å². The second-order valence-corrected chi connectivity index (χ2v) is 2.94. The molecule has 12 heavy (non-hydrogen) atoms. The van der Waals surface area contributed by atoms with Crippen molar-refractivity contribution in [2.45, 2.75) is 13.3 Å². The maximum absolute atomic E-state index is 10.2. The van der Waals surface area contributed by atoms with Crippen LogP contribution in [0.1, 0.15) is 13.3 Å². The van der Waals surface area contributed by atoms with Gasteiger partial charge in [-0.05, 0) is 14.0 Å². The summed E-state index contributed by atoms with van der Waals surface area (Å²) in [6.07, 6.45) is 0.134. The van der Waals surface area contributed by atoms with Gasteiger partial charge in [0, 0.05) is 13.1 Å². The lowest BCUT2D eigenvalue weighted by molar-refractivity contribution is -0.137. The summed E-state index contributed by atoms with van der Waals surface area (Å²) >= 11 is 0. The van der Waals surface area contributed by atoms with Crippen LogP contribution in [0.3, 0.4) is 0 Å². The molecule has 0 bridgehead atoms. The Balaban J connectivity index is 3.54. The normalized spacial score (nSPS) is 12.5. The van der Waals surface area contributed by atoms with Crippen molar-refractivity contribution in [3.8, 4) is 6.07 Å². The highest BCUT2D eigenvalue weighted by atomic mass is 16.4. The van der Waals surface area contributed by atoms with E-state index in [0.717, 1.165) is 0 Å². The Morgan fingerprint density at radius 2 is 2.33 bits per heavy atom. The van der Waals surface area contributed by atoms with Crippen molar-refractivity contribution in [1.29, 1.82) is 5.26 Å². The predicted molar refractivity (Wildman–Crippen MR) is 44.5 cm³/mol. The zero-order valence-electron chi connectivity index (χ0n) is 7.45. The minimum absolute atomic E-state index is 0.0382. The van der Waals surface area contributed by atoms with Crippen LogP contribution in [-0.2, 0) is 4.79 Å². The molecule has 0 aliphatic rings. The number of aliphatic carboxylic acids is 1. The molecule has 0 heterocycles. The first-order valence-corrected chi connectivity index (χ1v) is 3.86. The van der Waals surface area contributed by atoms with E-state index in [9.17, 15) is 4.79 Å². The minimum atomic E-state index is -0.800. The monoisotopic (exact) mass is 170 g/mol. The molecule has 1 atom stereocenters. The topological polar surface area (TPSA) is 64.3 Å². The molecule has 0 saturated heterocycles. The molecule has 4 nitrogen and oxygen atoms in total. The van der Waals surface area contributed by atoms with Crippen molar-refractivity contribution in [3.05, 3.63) is 0 Å². The lowest BCUT2D eigenvalue weighted by atomic mass is 10.2. The largest absolute Gasteiger partial charge is 0.481 e. The van der Waals surface area contributed by atoms with Crippen molar-refractivity contribution in [1.82, 2.24) is 4.90 Å². The number of carboxylic acids is 1. The van der Waals surface area contributed by atoms with Gasteiger partial charge in [0.25, 0.3) is 0 Å². The lowest BCUT2D eigenvalue weighted by Gasteiger charge is -2.15. The maximum Gasteiger partial charge on any atom is 0.304 e. The van der Waals surface area contributed by atoms with E-state index in [1.165, 1.54) is 0 Å². The number of nitriles is 1. The third kappa shape index (κ3) is 5.69. The van der Waals surface area contributed by atoms with E-state index in [1.54, 1.807) is 0 Å². The van der Waals surface area contributed by atoms with Gasteiger partial charge in [-0.1, -0.05) is 0 Å². The first-order valence-electron chi connectivity index (χ1n) is 3.86. The smallest absolute Gasteiger partial charge is 0.304 e. The van der Waals surface area contributed by atoms with Gasteiger partial charge < -0.3 is 10.0 Å². The van der Waals surface area contributed by atoms with E-state index >= 15 is 0 Å². The number of rotatable bonds is 5. The molecular formula is C8H14N2O2. The summed E-state index contributed by atoms with van der Waals surface area (Å²) in [4.78, 5) is 12.0. The Bertz CT molecular complexity index is 186. The molecule has 0 fully saturated rings. The molecule has 0 rings (SSSR count). The van der Waals surface area contributed by atoms with Gasteiger partial charge in [0.05, 0.1) is 18.4 Å². The van der Waals surface area contributed by atoms with Gasteiger partial charge in [-0.15, -0.1) is 0 Å². The SMILES string of the molecule is CC(C#N)CN(C)CCC(=O)O. The van der Waals surface area contributed by atoms with Gasteiger partial charge in [0.1, 0.15) is 0 Å². The molecule has 0 aliphatic heterocycles. The summed E-state index contributed by atoms with van der Waals surface area (Å²) in [7, 11) is 1.82. The summed E-state index contributed by atoms with van der Waals surface area (Å²) in [5, 5.41) is 16.8. The van der Waals surface area contributed by atoms with Gasteiger partial charge >= 0.3 is 5.97 Å². The Morgan fingerprint density at radius 3 is 2.75 bits per heavy atom. The Hall–Kier alpha value is -1.08. The molecular weight excluding hydrogens is 156 g/mol. The van der Waals surface area contributed by atoms with Gasteiger partial charge in [0.2, 0.25) is 0 Å². The van der Waals surface area contributed by atoms with Crippen LogP contribution in [0.2, 0.25) is 0 Å². The summed E-state index contributed by atoms with van der Waals surface area (Å²) in [5.74, 6) is -0.838. The highest BCUT2D eigenvalue weighted by Gasteiger charge is 2.06. The van der Waals surface area contributed by atoms with Gasteiger partial charge in [-0.3, -0.25) is 4.79 Å². The number of carbonyl (C=O) groups is 1. The molecule has 0 aromatic rings. The van der Waals surface area contributed by atoms with Crippen molar-refractivity contribution >= 4 is 5.97 Å². The second-order valence-electron chi connectivity index (χ2n) is 2.94. The molecule has 68 valence electrons. The summed E-state index contributed by atoms with van der Waals surface area (Å²) < 4.78 is 0. The first kappa shape index (κ1) is 10.9. The van der Waals surface area contributed by atoms with E-state index in [-0.39, 0.29) is 12.3 Å². The van der Waals surface area contributed by atoms with Crippen molar-refractivity contribution in [2.75, 3.05) is 20.1 Å². The maximum atomic E-state index is 10.2. The van der Waals surface area contributed by atoms with Crippen LogP contribution in [-0.4, -0.2) is 36.1 Å². The number of hydrogen-bond donors (Lipinski definition) is 1. The number of nitrogens with zero attached hydrogens (tertiary/aromatic N) is 2. The zero-order valence-corrected chi connectivity index (χ0v) is 7.45. The quantitative estimate of drug-likeness (QED) is 0.654. The fourth-order valence-electron chi connectivity index (χ4n) is 0.886. The van der Waals surface area contributed by atoms with E-state index < -0.39 is 5.97 Å². The van der Waals surface area contributed by atoms with Crippen LogP contribution in [0, 0.1) is 17.2 Å². The summed E-state index contributed by atoms with van der Waals surface area (Å²) in [6, 6.07) is 2.09. The molecule has 4 heteroatoms. The molecule has 0 amide bonds. The Morgan fingerprint density at radius 1 is 1.75 bits per heavy atom. The highest BCUT2D eigenvalue weighted by molar-refractivity contribution is 5.66. The molecule has 1 N–H and O–H groups in total. The van der Waals surface area contributed by atoms with E-state index in [1.807, 2.05) is 18.9 Å². The second kappa shape index (κ2) is 5.56. The third-order valence-electron chi connectivity index (χ3n) is 1.51. The van der Waals surface area contributed by atoms with Crippen LogP contribution in [0.15, 0.2) is 0 Å². The van der Waals surface area contributed by atoms with Gasteiger partial charge in [-0.25, -0.2) is 0 Å². The van der Waals surface area contributed by atoms with Crippen molar-refractivity contribution in [2.24, 2.45) is 5.92 Å². The molecule has 1 unspecified atom stereocenters. The van der Waals surface area contributed by atoms with Crippen LogP contribution >= 0.6 is 0 Å². The molecule has 0 radical (unpaired) electrons. The summed E-state index contributed by atoms with van der Waals surface area (Å²) in [6.45, 7) is 2.95. The van der Waals surface area contributed by atoms with Crippen LogP contribution in [0.5, 0.6) is 0 Å². The zero-order chi connectivity index (χ0) is 9.56. The molecule has 0 aromatic carbocycles. The fourth-order valence-corrected chi connectivity index (χ4v) is 0.886. The average Bonchev–Trinajstić information content (AvgIpc) is 2.00. The van der Waals surface area contributed by atoms with Gasteiger partial charge in [0.15, 0.2) is 0 Å². The molecule has 0 spiro atoms. The number of carboxylic acid groups (broad SMARTS) is 1. The number of hydrogen-bond acceptors (Lipinski definition) is 3. The Kier molecular flexibility index (Phi) is 5.06. The third-order valence-corrected chi connectivity index (χ3v) is 1.51. The molecule has 0 aromatic heterocycles. The lowest BCUT2D eigenvalue weighted by Crippen LogP contribution is -2.26. The highest BCUT2D eigenvalue weighted by Crippen LogP contribution is 1.96. The van der Waals surface area contributed by atoms with Crippen LogP contribution < -0.4 is 0 Å². The first-order chi connectivity index (χ1) is 5.56.